The molecule has 0 saturated carbocycles. The van der Waals surface area contributed by atoms with Crippen molar-refractivity contribution in [2.75, 3.05) is 0 Å². The molecule has 0 heterocycles. The highest BCUT2D eigenvalue weighted by atomic mass is 31.1. The van der Waals surface area contributed by atoms with Crippen LogP contribution in [0.15, 0.2) is 60.7 Å². The lowest BCUT2D eigenvalue weighted by Crippen LogP contribution is -2.15. The Morgan fingerprint density at radius 2 is 1.29 bits per heavy atom. The highest BCUT2D eigenvalue weighted by molar-refractivity contribution is 7.35. The highest BCUT2D eigenvalue weighted by Crippen LogP contribution is 2.26. The number of rotatable bonds is 4. The number of hydrogen-bond donors (Lipinski definition) is 2. The van der Waals surface area contributed by atoms with Crippen LogP contribution in [0, 0.1) is 0 Å². The van der Waals surface area contributed by atoms with Crippen molar-refractivity contribution in [3.8, 4) is 0 Å². The first kappa shape index (κ1) is 11.9. The fraction of sp³-hybridized carbons (Fsp3) is 0.0769. The van der Waals surface area contributed by atoms with Crippen molar-refractivity contribution in [2.45, 2.75) is 6.04 Å². The summed E-state index contributed by atoms with van der Waals surface area (Å²) in [5.41, 5.74) is 1.94. The van der Waals surface area contributed by atoms with Crippen molar-refractivity contribution in [3.63, 3.8) is 0 Å². The molecule has 2 N–H and O–H groups in total. The molecule has 0 bridgehead atoms. The molecule has 0 aliphatic carbocycles. The fourth-order valence-electron chi connectivity index (χ4n) is 1.74. The molecule has 0 aliphatic heterocycles. The van der Waals surface area contributed by atoms with E-state index < -0.39 is 8.18 Å². The predicted octanol–water partition coefficient (Wildman–Crippen LogP) is 3.02. The van der Waals surface area contributed by atoms with E-state index >= 15 is 0 Å². The molecule has 0 radical (unpaired) electrons. The zero-order valence-electron chi connectivity index (χ0n) is 9.15. The van der Waals surface area contributed by atoms with Gasteiger partial charge in [-0.2, -0.15) is 0 Å². The molecule has 3 nitrogen and oxygen atoms in total. The molecule has 2 aromatic carbocycles. The average molecular weight is 246 g/mol. The van der Waals surface area contributed by atoms with Crippen LogP contribution in [-0.4, -0.2) is 4.89 Å². The normalized spacial score (nSPS) is 11.5. The van der Waals surface area contributed by atoms with Gasteiger partial charge in [0.15, 0.2) is 0 Å². The Morgan fingerprint density at radius 3 is 1.65 bits per heavy atom. The van der Waals surface area contributed by atoms with Gasteiger partial charge in [0.25, 0.3) is 0 Å². The minimum atomic E-state index is -2.39. The van der Waals surface area contributed by atoms with Crippen LogP contribution in [0.1, 0.15) is 17.2 Å². The molecule has 1 unspecified atom stereocenters. The molecule has 0 spiro atoms. The van der Waals surface area contributed by atoms with Crippen molar-refractivity contribution in [1.29, 1.82) is 0 Å². The van der Waals surface area contributed by atoms with Gasteiger partial charge in [0.05, 0.1) is 0 Å². The Balaban J connectivity index is 2.36. The van der Waals surface area contributed by atoms with Gasteiger partial charge >= 0.3 is 8.18 Å². The molecule has 0 fully saturated rings. The third kappa shape index (κ3) is 3.21. The van der Waals surface area contributed by atoms with Crippen LogP contribution in [0.5, 0.6) is 0 Å². The molecule has 1 atom stereocenters. The molecular weight excluding hydrogens is 233 g/mol. The predicted molar refractivity (Wildman–Crippen MR) is 67.7 cm³/mol. The lowest BCUT2D eigenvalue weighted by molar-refractivity contribution is 0.483. The maximum Gasteiger partial charge on any atom is 0.611 e. The monoisotopic (exact) mass is 246 g/mol. The van der Waals surface area contributed by atoms with Gasteiger partial charge in [-0.25, -0.2) is 0 Å². The van der Waals surface area contributed by atoms with Crippen LogP contribution >= 0.6 is 8.18 Å². The number of hydrogen-bond acceptors (Lipinski definition) is 1. The maximum atomic E-state index is 11.0. The second-order valence-electron chi connectivity index (χ2n) is 3.66. The molecule has 0 amide bonds. The third-order valence-electron chi connectivity index (χ3n) is 2.51. The first-order valence-corrected chi connectivity index (χ1v) is 6.51. The summed E-state index contributed by atoms with van der Waals surface area (Å²) in [4.78, 5) is 9.04. The lowest BCUT2D eigenvalue weighted by atomic mass is 10.00. The molecule has 0 saturated heterocycles. The van der Waals surface area contributed by atoms with Crippen molar-refractivity contribution in [2.24, 2.45) is 0 Å². The van der Waals surface area contributed by atoms with Crippen molar-refractivity contribution >= 4 is 8.18 Å². The highest BCUT2D eigenvalue weighted by Gasteiger charge is 2.22. The second kappa shape index (κ2) is 5.69. The van der Waals surface area contributed by atoms with Gasteiger partial charge in [0, 0.05) is 0 Å². The smallest absolute Gasteiger partial charge is 0.144 e. The van der Waals surface area contributed by atoms with Crippen LogP contribution in [-0.2, 0) is 4.57 Å². The van der Waals surface area contributed by atoms with Crippen LogP contribution in [0.3, 0.4) is 0 Å². The van der Waals surface area contributed by atoms with Gasteiger partial charge in [0.1, 0.15) is 6.04 Å². The molecule has 0 aromatic heterocycles. The van der Waals surface area contributed by atoms with Gasteiger partial charge in [-0.05, 0) is 15.7 Å². The maximum absolute atomic E-state index is 11.0. The van der Waals surface area contributed by atoms with Crippen molar-refractivity contribution < 1.29 is 9.46 Å². The van der Waals surface area contributed by atoms with E-state index in [-0.39, 0.29) is 6.04 Å². The summed E-state index contributed by atoms with van der Waals surface area (Å²) in [6, 6.07) is 19.0. The Hall–Kier alpha value is -1.54. The Labute approximate surface area is 101 Å². The molecule has 2 aromatic rings. The standard InChI is InChI=1S/C13H12NO2P/c15-17(16)14-13(11-7-3-1-4-8-11)12-9-5-2-6-10-12/h1-10,13H,(H-,14,15,16)/p+1. The zero-order chi connectivity index (χ0) is 12.1. The van der Waals surface area contributed by atoms with Crippen molar-refractivity contribution in [3.05, 3.63) is 71.8 Å². The van der Waals surface area contributed by atoms with E-state index in [1.807, 2.05) is 60.7 Å². The van der Waals surface area contributed by atoms with Crippen molar-refractivity contribution in [1.82, 2.24) is 5.09 Å². The summed E-state index contributed by atoms with van der Waals surface area (Å²) in [6.07, 6.45) is 0. The van der Waals surface area contributed by atoms with Crippen LogP contribution in [0.25, 0.3) is 0 Å². The minimum absolute atomic E-state index is 0.258. The molecule has 2 rings (SSSR count). The average Bonchev–Trinajstić information content (AvgIpc) is 2.38. The van der Waals surface area contributed by atoms with E-state index in [4.69, 9.17) is 4.89 Å². The summed E-state index contributed by atoms with van der Waals surface area (Å²) in [5, 5.41) is 2.68. The van der Waals surface area contributed by atoms with Crippen LogP contribution in [0.2, 0.25) is 0 Å². The molecule has 0 aliphatic rings. The Bertz CT molecular complexity index is 448. The molecule has 17 heavy (non-hydrogen) atoms. The van der Waals surface area contributed by atoms with Crippen LogP contribution < -0.4 is 5.09 Å². The largest absolute Gasteiger partial charge is 0.611 e. The van der Waals surface area contributed by atoms with E-state index in [9.17, 15) is 4.57 Å². The number of benzene rings is 2. The first-order valence-electron chi connectivity index (χ1n) is 5.29. The Morgan fingerprint density at radius 1 is 0.882 bits per heavy atom. The molecule has 4 heteroatoms. The van der Waals surface area contributed by atoms with E-state index in [2.05, 4.69) is 5.09 Å². The minimum Gasteiger partial charge on any atom is -0.144 e. The quantitative estimate of drug-likeness (QED) is 0.815. The lowest BCUT2D eigenvalue weighted by Gasteiger charge is -2.12. The zero-order valence-corrected chi connectivity index (χ0v) is 10.0. The summed E-state index contributed by atoms with van der Waals surface area (Å²) in [7, 11) is -2.39. The SMILES string of the molecule is O=[P+](O)NC(c1ccccc1)c1ccccc1. The van der Waals surface area contributed by atoms with E-state index in [1.165, 1.54) is 0 Å². The molecule has 86 valence electrons. The van der Waals surface area contributed by atoms with E-state index in [0.717, 1.165) is 11.1 Å². The van der Waals surface area contributed by atoms with Gasteiger partial charge in [-0.15, -0.1) is 4.89 Å². The summed E-state index contributed by atoms with van der Waals surface area (Å²) >= 11 is 0. The van der Waals surface area contributed by atoms with Gasteiger partial charge < -0.3 is 0 Å². The van der Waals surface area contributed by atoms with E-state index in [1.54, 1.807) is 0 Å². The fourth-order valence-corrected chi connectivity index (χ4v) is 2.26. The van der Waals surface area contributed by atoms with Gasteiger partial charge in [0.2, 0.25) is 0 Å². The first-order chi connectivity index (χ1) is 8.27. The topological polar surface area (TPSA) is 49.3 Å². The second-order valence-corrected chi connectivity index (χ2v) is 4.46. The third-order valence-corrected chi connectivity index (χ3v) is 2.98. The molecular formula is C13H13NO2P+. The van der Waals surface area contributed by atoms with Gasteiger partial charge in [-0.1, -0.05) is 65.8 Å². The summed E-state index contributed by atoms with van der Waals surface area (Å²) < 4.78 is 11.0. The number of nitrogens with one attached hydrogen (secondary N) is 1. The van der Waals surface area contributed by atoms with Crippen LogP contribution in [0.4, 0.5) is 0 Å². The Kier molecular flexibility index (Phi) is 3.99. The summed E-state index contributed by atoms with van der Waals surface area (Å²) in [6.45, 7) is 0. The summed E-state index contributed by atoms with van der Waals surface area (Å²) in [5.74, 6) is 0. The van der Waals surface area contributed by atoms with Gasteiger partial charge in [-0.3, -0.25) is 0 Å². The van der Waals surface area contributed by atoms with E-state index in [0.29, 0.717) is 0 Å².